The zero-order valence-electron chi connectivity index (χ0n) is 22.3. The molecule has 8 nitrogen and oxygen atoms in total. The van der Waals surface area contributed by atoms with Gasteiger partial charge in [0.25, 0.3) is 5.91 Å². The highest BCUT2D eigenvalue weighted by molar-refractivity contribution is 5.99. The van der Waals surface area contributed by atoms with Gasteiger partial charge in [-0.15, -0.1) is 0 Å². The second kappa shape index (κ2) is 12.5. The first kappa shape index (κ1) is 28.8. The average molecular weight is 498 g/mol. The highest BCUT2D eigenvalue weighted by Gasteiger charge is 2.39. The Morgan fingerprint density at radius 2 is 1.58 bits per heavy atom. The monoisotopic (exact) mass is 497 g/mol. The number of ether oxygens (including phenoxy) is 1. The van der Waals surface area contributed by atoms with Crippen molar-refractivity contribution >= 4 is 23.6 Å². The van der Waals surface area contributed by atoms with Crippen LogP contribution in [0.1, 0.15) is 63.8 Å². The molecule has 0 aliphatic rings. The summed E-state index contributed by atoms with van der Waals surface area (Å²) >= 11 is 0. The molecule has 2 rings (SSSR count). The van der Waals surface area contributed by atoms with E-state index in [4.69, 9.17) is 4.74 Å². The van der Waals surface area contributed by atoms with E-state index in [1.54, 1.807) is 26.8 Å². The predicted octanol–water partition coefficient (Wildman–Crippen LogP) is 4.50. The summed E-state index contributed by atoms with van der Waals surface area (Å²) in [4.78, 5) is 41.5. The Bertz CT molecular complexity index is 1060. The minimum absolute atomic E-state index is 0.376. The van der Waals surface area contributed by atoms with E-state index in [1.807, 2.05) is 70.2 Å². The number of benzene rings is 2. The van der Waals surface area contributed by atoms with Crippen molar-refractivity contribution in [2.75, 3.05) is 11.9 Å². The van der Waals surface area contributed by atoms with Gasteiger partial charge in [0.1, 0.15) is 17.7 Å². The number of rotatable bonds is 9. The van der Waals surface area contributed by atoms with Crippen molar-refractivity contribution in [3.63, 3.8) is 0 Å². The fourth-order valence-corrected chi connectivity index (χ4v) is 3.84. The summed E-state index contributed by atoms with van der Waals surface area (Å²) in [6.45, 7) is 12.0. The standard InChI is InChI=1S/C28H39N3O5/c1-8-20(4)31(26(34)23(17-32)30-27(35)36-28(5,6)7)24(21-15-11-9-13-18(21)2)25(33)29-22-16-12-10-14-19(22)3/h9-16,20,23-24,32H,8,17H2,1-7H3,(H,29,33)(H,30,35). The van der Waals surface area contributed by atoms with Gasteiger partial charge in [0, 0.05) is 11.7 Å². The molecule has 3 N–H and O–H groups in total. The van der Waals surface area contributed by atoms with Crippen molar-refractivity contribution in [3.8, 4) is 0 Å². The normalized spacial score (nSPS) is 13.8. The Hall–Kier alpha value is -3.39. The molecule has 0 saturated carbocycles. The van der Waals surface area contributed by atoms with E-state index in [1.165, 1.54) is 4.90 Å². The minimum atomic E-state index is -1.29. The molecule has 8 heteroatoms. The number of aryl methyl sites for hydroxylation is 2. The lowest BCUT2D eigenvalue weighted by molar-refractivity contribution is -0.144. The summed E-state index contributed by atoms with van der Waals surface area (Å²) in [6, 6.07) is 12.1. The smallest absolute Gasteiger partial charge is 0.408 e. The van der Waals surface area contributed by atoms with Gasteiger partial charge in [-0.3, -0.25) is 9.59 Å². The van der Waals surface area contributed by atoms with Crippen LogP contribution in [0.5, 0.6) is 0 Å². The van der Waals surface area contributed by atoms with E-state index >= 15 is 0 Å². The second-order valence-corrected chi connectivity index (χ2v) is 9.95. The highest BCUT2D eigenvalue weighted by atomic mass is 16.6. The maximum Gasteiger partial charge on any atom is 0.408 e. The molecule has 2 aromatic carbocycles. The third-order valence-electron chi connectivity index (χ3n) is 5.90. The van der Waals surface area contributed by atoms with Crippen LogP contribution in [0.3, 0.4) is 0 Å². The summed E-state index contributed by atoms with van der Waals surface area (Å²) in [5.41, 5.74) is 2.25. The molecule has 3 atom stereocenters. The molecule has 3 unspecified atom stereocenters. The fourth-order valence-electron chi connectivity index (χ4n) is 3.84. The topological polar surface area (TPSA) is 108 Å². The number of amides is 3. The Kier molecular flexibility index (Phi) is 10.0. The Morgan fingerprint density at radius 1 is 1.00 bits per heavy atom. The van der Waals surface area contributed by atoms with Crippen molar-refractivity contribution < 1.29 is 24.2 Å². The number of aliphatic hydroxyl groups is 1. The van der Waals surface area contributed by atoms with Gasteiger partial charge >= 0.3 is 6.09 Å². The first-order chi connectivity index (χ1) is 16.9. The van der Waals surface area contributed by atoms with Gasteiger partial charge in [0.15, 0.2) is 0 Å². The molecule has 0 bridgehead atoms. The molecule has 0 spiro atoms. The molecule has 2 aromatic rings. The molecule has 36 heavy (non-hydrogen) atoms. The number of anilines is 1. The number of nitrogens with one attached hydrogen (secondary N) is 2. The first-order valence-corrected chi connectivity index (χ1v) is 12.2. The van der Waals surface area contributed by atoms with E-state index in [-0.39, 0.29) is 11.9 Å². The van der Waals surface area contributed by atoms with Crippen LogP contribution >= 0.6 is 0 Å². The van der Waals surface area contributed by atoms with Crippen LogP contribution in [-0.4, -0.2) is 52.2 Å². The van der Waals surface area contributed by atoms with Gasteiger partial charge in [0.05, 0.1) is 6.61 Å². The van der Waals surface area contributed by atoms with E-state index in [2.05, 4.69) is 10.6 Å². The minimum Gasteiger partial charge on any atom is -0.444 e. The number of aliphatic hydroxyl groups excluding tert-OH is 1. The van der Waals surface area contributed by atoms with Crippen molar-refractivity contribution in [1.29, 1.82) is 0 Å². The number of carbonyl (C=O) groups excluding carboxylic acids is 3. The van der Waals surface area contributed by atoms with E-state index in [9.17, 15) is 19.5 Å². The molecule has 3 amide bonds. The molecule has 0 fully saturated rings. The summed E-state index contributed by atoms with van der Waals surface area (Å²) in [6.07, 6.45) is -0.271. The SMILES string of the molecule is CCC(C)N(C(=O)C(CO)NC(=O)OC(C)(C)C)C(C(=O)Nc1ccccc1C)c1ccccc1C. The van der Waals surface area contributed by atoms with Gasteiger partial charge in [-0.25, -0.2) is 4.79 Å². The number of carbonyl (C=O) groups is 3. The van der Waals surface area contributed by atoms with Crippen molar-refractivity contribution in [3.05, 3.63) is 65.2 Å². The number of hydrogen-bond donors (Lipinski definition) is 3. The maximum absolute atomic E-state index is 13.8. The van der Waals surface area contributed by atoms with Gasteiger partial charge in [-0.05, 0) is 70.7 Å². The molecule has 0 aromatic heterocycles. The van der Waals surface area contributed by atoms with Gasteiger partial charge < -0.3 is 25.4 Å². The molecule has 0 saturated heterocycles. The molecule has 0 radical (unpaired) electrons. The Morgan fingerprint density at radius 3 is 2.11 bits per heavy atom. The summed E-state index contributed by atoms with van der Waals surface area (Å²) in [5.74, 6) is -0.966. The van der Waals surface area contributed by atoms with Gasteiger partial charge in [0.2, 0.25) is 5.91 Å². The van der Waals surface area contributed by atoms with Crippen LogP contribution in [0.2, 0.25) is 0 Å². The first-order valence-electron chi connectivity index (χ1n) is 12.2. The van der Waals surface area contributed by atoms with E-state index < -0.39 is 36.3 Å². The van der Waals surface area contributed by atoms with E-state index in [0.29, 0.717) is 17.7 Å². The number of alkyl carbamates (subject to hydrolysis) is 1. The lowest BCUT2D eigenvalue weighted by Crippen LogP contribution is -2.56. The Balaban J connectivity index is 2.53. The van der Waals surface area contributed by atoms with Crippen LogP contribution in [0.4, 0.5) is 10.5 Å². The highest BCUT2D eigenvalue weighted by Crippen LogP contribution is 2.30. The fraction of sp³-hybridized carbons (Fsp3) is 0.464. The zero-order valence-corrected chi connectivity index (χ0v) is 22.3. The quantitative estimate of drug-likeness (QED) is 0.473. The van der Waals surface area contributed by atoms with Crippen LogP contribution in [0, 0.1) is 13.8 Å². The summed E-state index contributed by atoms with van der Waals surface area (Å²) in [7, 11) is 0. The molecule has 0 aliphatic heterocycles. The largest absolute Gasteiger partial charge is 0.444 e. The average Bonchev–Trinajstić information content (AvgIpc) is 2.81. The van der Waals surface area contributed by atoms with Gasteiger partial charge in [-0.1, -0.05) is 49.4 Å². The van der Waals surface area contributed by atoms with Gasteiger partial charge in [-0.2, -0.15) is 0 Å². The van der Waals surface area contributed by atoms with Crippen LogP contribution < -0.4 is 10.6 Å². The summed E-state index contributed by atoms with van der Waals surface area (Å²) in [5, 5.41) is 15.5. The third kappa shape index (κ3) is 7.55. The maximum atomic E-state index is 13.8. The summed E-state index contributed by atoms with van der Waals surface area (Å²) < 4.78 is 5.28. The molecule has 196 valence electrons. The predicted molar refractivity (Wildman–Crippen MR) is 141 cm³/mol. The van der Waals surface area contributed by atoms with Crippen LogP contribution in [0.25, 0.3) is 0 Å². The van der Waals surface area contributed by atoms with E-state index in [0.717, 1.165) is 11.1 Å². The lowest BCUT2D eigenvalue weighted by Gasteiger charge is -2.38. The number of hydrogen-bond acceptors (Lipinski definition) is 5. The lowest BCUT2D eigenvalue weighted by atomic mass is 9.96. The van der Waals surface area contributed by atoms with Crippen LogP contribution in [0.15, 0.2) is 48.5 Å². The third-order valence-corrected chi connectivity index (χ3v) is 5.90. The number of nitrogens with zero attached hydrogens (tertiary/aromatic N) is 1. The van der Waals surface area contributed by atoms with Crippen molar-refractivity contribution in [1.82, 2.24) is 10.2 Å². The molecule has 0 heterocycles. The second-order valence-electron chi connectivity index (χ2n) is 9.95. The molecular formula is C28H39N3O5. The van der Waals surface area contributed by atoms with Crippen LogP contribution in [-0.2, 0) is 14.3 Å². The Labute approximate surface area is 214 Å². The molecule has 0 aliphatic carbocycles. The number of para-hydroxylation sites is 1. The zero-order chi connectivity index (χ0) is 27.0. The van der Waals surface area contributed by atoms with Crippen molar-refractivity contribution in [2.24, 2.45) is 0 Å². The van der Waals surface area contributed by atoms with Crippen molar-refractivity contribution in [2.45, 2.75) is 78.6 Å². The molecular weight excluding hydrogens is 458 g/mol.